The van der Waals surface area contributed by atoms with Crippen LogP contribution in [0.2, 0.25) is 0 Å². The van der Waals surface area contributed by atoms with Gasteiger partial charge in [-0.1, -0.05) is 6.92 Å². The number of nitrogens with zero attached hydrogens (tertiary/aromatic N) is 1. The second-order valence-corrected chi connectivity index (χ2v) is 9.03. The van der Waals surface area contributed by atoms with Gasteiger partial charge in [-0.25, -0.2) is 0 Å². The smallest absolute Gasteiger partial charge is 0.119 e. The Morgan fingerprint density at radius 1 is 1.38 bits per heavy atom. The summed E-state index contributed by atoms with van der Waals surface area (Å²) in [4.78, 5) is 3.18. The summed E-state index contributed by atoms with van der Waals surface area (Å²) in [7, 11) is -1.24. The van der Waals surface area contributed by atoms with E-state index in [4.69, 9.17) is 4.74 Å². The van der Waals surface area contributed by atoms with Crippen molar-refractivity contribution >= 4 is 10.8 Å². The lowest BCUT2D eigenvalue weighted by Crippen LogP contribution is -2.53. The lowest BCUT2D eigenvalue weighted by atomic mass is 10.2. The van der Waals surface area contributed by atoms with E-state index in [9.17, 15) is 9.32 Å². The van der Waals surface area contributed by atoms with E-state index in [1.54, 1.807) is 13.8 Å². The molecule has 0 aliphatic carbocycles. The topological polar surface area (TPSA) is 61.8 Å². The predicted molar refractivity (Wildman–Crippen MR) is 98.0 cm³/mol. The molecule has 5 nitrogen and oxygen atoms in total. The van der Waals surface area contributed by atoms with Gasteiger partial charge in [0.2, 0.25) is 0 Å². The normalized spacial score (nSPS) is 20.8. The lowest BCUT2D eigenvalue weighted by Gasteiger charge is -2.33. The van der Waals surface area contributed by atoms with Crippen LogP contribution in [0.15, 0.2) is 29.2 Å². The van der Waals surface area contributed by atoms with Gasteiger partial charge in [-0.05, 0) is 51.1 Å². The van der Waals surface area contributed by atoms with E-state index in [2.05, 4.69) is 17.1 Å². The Kier molecular flexibility index (Phi) is 7.22. The van der Waals surface area contributed by atoms with E-state index in [1.807, 2.05) is 24.3 Å². The maximum atomic E-state index is 12.4. The zero-order valence-corrected chi connectivity index (χ0v) is 15.8. The molecule has 0 aromatic heterocycles. The van der Waals surface area contributed by atoms with Crippen LogP contribution in [-0.4, -0.2) is 64.4 Å². The lowest BCUT2D eigenvalue weighted by molar-refractivity contribution is 0.158. The summed E-state index contributed by atoms with van der Waals surface area (Å²) in [5.41, 5.74) is 0. The summed E-state index contributed by atoms with van der Waals surface area (Å²) < 4.78 is 17.6. The Hall–Kier alpha value is -0.950. The first kappa shape index (κ1) is 19.4. The van der Waals surface area contributed by atoms with Gasteiger partial charge >= 0.3 is 0 Å². The van der Waals surface area contributed by atoms with Crippen LogP contribution >= 0.6 is 0 Å². The van der Waals surface area contributed by atoms with Gasteiger partial charge in [0.05, 0.1) is 28.2 Å². The molecule has 24 heavy (non-hydrogen) atoms. The summed E-state index contributed by atoms with van der Waals surface area (Å²) in [6, 6.07) is 7.69. The van der Waals surface area contributed by atoms with Gasteiger partial charge in [0, 0.05) is 24.5 Å². The fourth-order valence-corrected chi connectivity index (χ4v) is 3.90. The molecule has 2 rings (SSSR count). The molecule has 2 N–H and O–H groups in total. The molecule has 0 saturated carbocycles. The van der Waals surface area contributed by atoms with Gasteiger partial charge < -0.3 is 20.1 Å². The molecular weight excluding hydrogens is 324 g/mol. The molecule has 6 heteroatoms. The number of piperazine rings is 1. The zero-order valence-electron chi connectivity index (χ0n) is 15.0. The number of hydrogen-bond donors (Lipinski definition) is 2. The van der Waals surface area contributed by atoms with E-state index in [0.29, 0.717) is 17.5 Å². The van der Waals surface area contributed by atoms with Gasteiger partial charge in [-0.3, -0.25) is 4.21 Å². The molecule has 1 aromatic carbocycles. The highest BCUT2D eigenvalue weighted by molar-refractivity contribution is 7.86. The van der Waals surface area contributed by atoms with Crippen LogP contribution in [0.25, 0.3) is 0 Å². The second kappa shape index (κ2) is 8.94. The summed E-state index contributed by atoms with van der Waals surface area (Å²) in [5, 5.41) is 12.8. The minimum Gasteiger partial charge on any atom is -0.492 e. The predicted octanol–water partition coefficient (Wildman–Crippen LogP) is 1.63. The number of aliphatic hydroxyl groups excluding tert-OH is 1. The molecule has 0 radical (unpaired) electrons. The van der Waals surface area contributed by atoms with E-state index < -0.39 is 15.5 Å². The van der Waals surface area contributed by atoms with Crippen molar-refractivity contribution in [3.8, 4) is 5.75 Å². The van der Waals surface area contributed by atoms with E-state index in [0.717, 1.165) is 31.9 Å². The third-order valence-electron chi connectivity index (χ3n) is 4.25. The SMILES string of the molecule is CCCN1CCNC(COc2ccc(S(=O)C(C)(C)CO)cc2)C1. The fraction of sp³-hybridized carbons (Fsp3) is 0.667. The average molecular weight is 355 g/mol. The van der Waals surface area contributed by atoms with Gasteiger partial charge in [-0.2, -0.15) is 0 Å². The largest absolute Gasteiger partial charge is 0.492 e. The van der Waals surface area contributed by atoms with Crippen molar-refractivity contribution in [2.45, 2.75) is 42.9 Å². The molecular formula is C18H30N2O3S. The van der Waals surface area contributed by atoms with Gasteiger partial charge in [0.1, 0.15) is 12.4 Å². The van der Waals surface area contributed by atoms with Crippen molar-refractivity contribution in [1.29, 1.82) is 0 Å². The van der Waals surface area contributed by atoms with Crippen LogP contribution in [0, 0.1) is 0 Å². The minimum atomic E-state index is -1.24. The number of aliphatic hydroxyl groups is 1. The molecule has 1 aromatic rings. The first-order chi connectivity index (χ1) is 11.5. The Balaban J connectivity index is 1.87. The number of ether oxygens (including phenoxy) is 1. The maximum absolute atomic E-state index is 12.4. The Bertz CT molecular complexity index is 532. The number of rotatable bonds is 8. The van der Waals surface area contributed by atoms with Crippen LogP contribution in [0.4, 0.5) is 0 Å². The molecule has 136 valence electrons. The molecule has 2 unspecified atom stereocenters. The van der Waals surface area contributed by atoms with E-state index in [-0.39, 0.29) is 6.61 Å². The first-order valence-electron chi connectivity index (χ1n) is 8.67. The summed E-state index contributed by atoms with van der Waals surface area (Å²) in [6.07, 6.45) is 1.18. The van der Waals surface area contributed by atoms with Crippen molar-refractivity contribution in [2.24, 2.45) is 0 Å². The van der Waals surface area contributed by atoms with Crippen LogP contribution in [0.3, 0.4) is 0 Å². The molecule has 0 spiro atoms. The highest BCUT2D eigenvalue weighted by Gasteiger charge is 2.26. The van der Waals surface area contributed by atoms with Crippen molar-refractivity contribution in [1.82, 2.24) is 10.2 Å². The molecule has 2 atom stereocenters. The number of hydrogen-bond acceptors (Lipinski definition) is 5. The quantitative estimate of drug-likeness (QED) is 0.743. The average Bonchev–Trinajstić information content (AvgIpc) is 2.60. The Morgan fingerprint density at radius 3 is 2.71 bits per heavy atom. The van der Waals surface area contributed by atoms with Crippen molar-refractivity contribution < 1.29 is 14.1 Å². The van der Waals surface area contributed by atoms with Crippen molar-refractivity contribution in [2.75, 3.05) is 39.4 Å². The van der Waals surface area contributed by atoms with Crippen molar-refractivity contribution in [3.63, 3.8) is 0 Å². The summed E-state index contributed by atoms with van der Waals surface area (Å²) >= 11 is 0. The summed E-state index contributed by atoms with van der Waals surface area (Å²) in [5.74, 6) is 0.784. The van der Waals surface area contributed by atoms with Gasteiger partial charge in [0.15, 0.2) is 0 Å². The van der Waals surface area contributed by atoms with Crippen LogP contribution < -0.4 is 10.1 Å². The molecule has 1 saturated heterocycles. The number of benzene rings is 1. The van der Waals surface area contributed by atoms with Gasteiger partial charge in [-0.15, -0.1) is 0 Å². The van der Waals surface area contributed by atoms with Crippen LogP contribution in [0.1, 0.15) is 27.2 Å². The molecule has 0 amide bonds. The zero-order chi connectivity index (χ0) is 17.6. The van der Waals surface area contributed by atoms with Crippen molar-refractivity contribution in [3.05, 3.63) is 24.3 Å². The minimum absolute atomic E-state index is 0.112. The first-order valence-corrected chi connectivity index (χ1v) is 9.82. The maximum Gasteiger partial charge on any atom is 0.119 e. The Morgan fingerprint density at radius 2 is 2.08 bits per heavy atom. The fourth-order valence-electron chi connectivity index (χ4n) is 2.76. The standard InChI is InChI=1S/C18H30N2O3S/c1-4-10-20-11-9-19-15(12-20)13-23-16-5-7-17(8-6-16)24(22)18(2,3)14-21/h5-8,15,19,21H,4,9-14H2,1-3H3. The molecule has 1 fully saturated rings. The molecule has 1 heterocycles. The van der Waals surface area contributed by atoms with Crippen LogP contribution in [-0.2, 0) is 10.8 Å². The highest BCUT2D eigenvalue weighted by Crippen LogP contribution is 2.22. The van der Waals surface area contributed by atoms with Crippen LogP contribution in [0.5, 0.6) is 5.75 Å². The second-order valence-electron chi connectivity index (χ2n) is 6.92. The highest BCUT2D eigenvalue weighted by atomic mass is 32.2. The molecule has 0 bridgehead atoms. The number of nitrogens with one attached hydrogen (secondary N) is 1. The van der Waals surface area contributed by atoms with Gasteiger partial charge in [0.25, 0.3) is 0 Å². The molecule has 1 aliphatic heterocycles. The third kappa shape index (κ3) is 5.28. The van der Waals surface area contributed by atoms with E-state index in [1.165, 1.54) is 6.42 Å². The Labute approximate surface area is 147 Å². The van der Waals surface area contributed by atoms with E-state index >= 15 is 0 Å². The third-order valence-corrected chi connectivity index (χ3v) is 6.08. The molecule has 1 aliphatic rings. The monoisotopic (exact) mass is 354 g/mol. The summed E-state index contributed by atoms with van der Waals surface area (Å²) in [6.45, 7) is 10.6.